The molecule has 0 atom stereocenters. The lowest BCUT2D eigenvalue weighted by atomic mass is 10.1. The van der Waals surface area contributed by atoms with E-state index < -0.39 is 21.7 Å². The third-order valence-corrected chi connectivity index (χ3v) is 7.28. The minimum atomic E-state index is -3.84. The Bertz CT molecular complexity index is 1250. The van der Waals surface area contributed by atoms with Gasteiger partial charge in [-0.3, -0.25) is 4.79 Å². The van der Waals surface area contributed by atoms with E-state index >= 15 is 0 Å². The van der Waals surface area contributed by atoms with E-state index in [9.17, 15) is 17.6 Å². The van der Waals surface area contributed by atoms with E-state index in [0.29, 0.717) is 19.8 Å². The Hall–Kier alpha value is -3.27. The van der Waals surface area contributed by atoms with Crippen LogP contribution in [0, 0.1) is 5.82 Å². The molecule has 0 aliphatic carbocycles. The first kappa shape index (κ1) is 23.9. The van der Waals surface area contributed by atoms with Gasteiger partial charge in [-0.05, 0) is 41.5 Å². The van der Waals surface area contributed by atoms with Gasteiger partial charge in [0.1, 0.15) is 18.2 Å². The summed E-state index contributed by atoms with van der Waals surface area (Å²) in [5.74, 6) is -0.727. The number of benzene rings is 3. The van der Waals surface area contributed by atoms with Crippen LogP contribution < -0.4 is 10.1 Å². The highest BCUT2D eigenvalue weighted by molar-refractivity contribution is 7.89. The van der Waals surface area contributed by atoms with Crippen LogP contribution in [-0.4, -0.2) is 44.9 Å². The van der Waals surface area contributed by atoms with Gasteiger partial charge in [-0.2, -0.15) is 4.31 Å². The second-order valence-corrected chi connectivity index (χ2v) is 9.70. The number of carbonyl (C=O) groups excluding carboxylic acids is 1. The first-order valence-corrected chi connectivity index (χ1v) is 12.3. The number of hydrogen-bond donors (Lipinski definition) is 1. The Kier molecular flexibility index (Phi) is 7.56. The lowest BCUT2D eigenvalue weighted by Crippen LogP contribution is -2.40. The number of hydrogen-bond acceptors (Lipinski definition) is 5. The molecule has 1 saturated heterocycles. The maximum absolute atomic E-state index is 14.4. The minimum Gasteiger partial charge on any atom is -0.489 e. The van der Waals surface area contributed by atoms with E-state index in [1.807, 2.05) is 54.6 Å². The molecule has 4 rings (SSSR count). The molecule has 3 aromatic rings. The number of carbonyl (C=O) groups is 1. The second-order valence-electron chi connectivity index (χ2n) is 7.76. The average Bonchev–Trinajstić information content (AvgIpc) is 2.87. The molecule has 0 bridgehead atoms. The second kappa shape index (κ2) is 10.8. The van der Waals surface area contributed by atoms with E-state index in [2.05, 4.69) is 5.32 Å². The molecule has 0 unspecified atom stereocenters. The molecule has 1 fully saturated rings. The highest BCUT2D eigenvalue weighted by Crippen LogP contribution is 2.20. The van der Waals surface area contributed by atoms with Crippen molar-refractivity contribution < 1.29 is 27.1 Å². The van der Waals surface area contributed by atoms with Crippen molar-refractivity contribution in [2.45, 2.75) is 18.0 Å². The first-order chi connectivity index (χ1) is 16.4. The van der Waals surface area contributed by atoms with Gasteiger partial charge in [0.05, 0.1) is 23.7 Å². The van der Waals surface area contributed by atoms with E-state index in [1.54, 1.807) is 0 Å². The Balaban J connectivity index is 1.41. The molecule has 1 amide bonds. The Morgan fingerprint density at radius 1 is 0.971 bits per heavy atom. The molecule has 1 N–H and O–H groups in total. The van der Waals surface area contributed by atoms with Crippen LogP contribution in [0.1, 0.15) is 21.5 Å². The number of halogens is 1. The summed E-state index contributed by atoms with van der Waals surface area (Å²) in [6, 6.07) is 20.2. The summed E-state index contributed by atoms with van der Waals surface area (Å²) < 4.78 is 52.3. The molecule has 0 radical (unpaired) electrons. The number of nitrogens with one attached hydrogen (secondary N) is 1. The number of para-hydroxylation sites is 1. The third-order valence-electron chi connectivity index (χ3n) is 5.38. The molecule has 1 heterocycles. The number of rotatable bonds is 8. The largest absolute Gasteiger partial charge is 0.489 e. The maximum Gasteiger partial charge on any atom is 0.254 e. The van der Waals surface area contributed by atoms with Crippen LogP contribution in [0.15, 0.2) is 77.7 Å². The van der Waals surface area contributed by atoms with Crippen molar-refractivity contribution in [2.24, 2.45) is 0 Å². The highest BCUT2D eigenvalue weighted by Gasteiger charge is 2.27. The normalized spacial score (nSPS) is 14.5. The van der Waals surface area contributed by atoms with Gasteiger partial charge in [0.15, 0.2) is 0 Å². The molecule has 0 spiro atoms. The van der Waals surface area contributed by atoms with Crippen LogP contribution in [0.4, 0.5) is 4.39 Å². The van der Waals surface area contributed by atoms with E-state index in [-0.39, 0.29) is 30.1 Å². The number of ether oxygens (including phenoxy) is 2. The van der Waals surface area contributed by atoms with Gasteiger partial charge in [0.2, 0.25) is 10.0 Å². The fraction of sp³-hybridized carbons (Fsp3) is 0.240. The summed E-state index contributed by atoms with van der Waals surface area (Å²) in [4.78, 5) is 12.6. The van der Waals surface area contributed by atoms with Crippen LogP contribution in [0.5, 0.6) is 5.75 Å². The van der Waals surface area contributed by atoms with Gasteiger partial charge < -0.3 is 14.8 Å². The molecule has 34 heavy (non-hydrogen) atoms. The van der Waals surface area contributed by atoms with E-state index in [1.165, 1.54) is 10.4 Å². The topological polar surface area (TPSA) is 84.9 Å². The van der Waals surface area contributed by atoms with Crippen LogP contribution in [0.2, 0.25) is 0 Å². The van der Waals surface area contributed by atoms with Gasteiger partial charge in [0.25, 0.3) is 5.91 Å². The molecule has 1 aliphatic rings. The average molecular weight is 485 g/mol. The molecule has 7 nitrogen and oxygen atoms in total. The molecule has 0 aromatic heterocycles. The fourth-order valence-electron chi connectivity index (χ4n) is 3.57. The van der Waals surface area contributed by atoms with E-state index in [4.69, 9.17) is 9.47 Å². The third kappa shape index (κ3) is 5.80. The number of amides is 1. The fourth-order valence-corrected chi connectivity index (χ4v) is 5.00. The van der Waals surface area contributed by atoms with Crippen molar-refractivity contribution in [1.82, 2.24) is 9.62 Å². The zero-order chi connectivity index (χ0) is 24.0. The van der Waals surface area contributed by atoms with Crippen molar-refractivity contribution in [1.29, 1.82) is 0 Å². The van der Waals surface area contributed by atoms with Crippen molar-refractivity contribution in [3.8, 4) is 5.75 Å². The minimum absolute atomic E-state index is 0.124. The lowest BCUT2D eigenvalue weighted by Gasteiger charge is -2.26. The standard InChI is InChI=1S/C25H25FN2O5S/c26-24-10-9-22(34(30,31)28-11-13-32-14-12-28)16-23(24)25(29)27-17-19-5-4-6-20(15-19)18-33-21-7-2-1-3-8-21/h1-10,15-16H,11-14,17-18H2,(H,27,29). The molecule has 1 aliphatic heterocycles. The van der Waals surface area contributed by atoms with Crippen LogP contribution in [0.3, 0.4) is 0 Å². The molecular weight excluding hydrogens is 459 g/mol. The molecule has 9 heteroatoms. The van der Waals surface area contributed by atoms with Crippen molar-refractivity contribution in [3.63, 3.8) is 0 Å². The van der Waals surface area contributed by atoms with E-state index in [0.717, 1.165) is 29.0 Å². The number of nitrogens with zero attached hydrogens (tertiary/aromatic N) is 1. The van der Waals surface area contributed by atoms with Crippen LogP contribution >= 0.6 is 0 Å². The van der Waals surface area contributed by atoms with Crippen molar-refractivity contribution in [3.05, 3.63) is 95.3 Å². The Morgan fingerprint density at radius 2 is 1.71 bits per heavy atom. The highest BCUT2D eigenvalue weighted by atomic mass is 32.2. The quantitative estimate of drug-likeness (QED) is 0.530. The predicted octanol–water partition coefficient (Wildman–Crippen LogP) is 3.36. The van der Waals surface area contributed by atoms with Gasteiger partial charge in [0, 0.05) is 19.6 Å². The number of sulfonamides is 1. The zero-order valence-corrected chi connectivity index (χ0v) is 19.3. The van der Waals surface area contributed by atoms with Gasteiger partial charge in [-0.15, -0.1) is 0 Å². The molecule has 0 saturated carbocycles. The smallest absolute Gasteiger partial charge is 0.254 e. The predicted molar refractivity (Wildman–Crippen MR) is 124 cm³/mol. The SMILES string of the molecule is O=C(NCc1cccc(COc2ccccc2)c1)c1cc(S(=O)(=O)N2CCOCC2)ccc1F. The summed E-state index contributed by atoms with van der Waals surface area (Å²) in [6.07, 6.45) is 0. The number of morpholine rings is 1. The summed E-state index contributed by atoms with van der Waals surface area (Å²) in [5.41, 5.74) is 1.40. The van der Waals surface area contributed by atoms with Gasteiger partial charge in [-0.25, -0.2) is 12.8 Å². The van der Waals surface area contributed by atoms with Crippen molar-refractivity contribution >= 4 is 15.9 Å². The van der Waals surface area contributed by atoms with Crippen LogP contribution in [0.25, 0.3) is 0 Å². The maximum atomic E-state index is 14.4. The van der Waals surface area contributed by atoms with Gasteiger partial charge >= 0.3 is 0 Å². The summed E-state index contributed by atoms with van der Waals surface area (Å²) >= 11 is 0. The Morgan fingerprint density at radius 3 is 2.47 bits per heavy atom. The first-order valence-electron chi connectivity index (χ1n) is 10.8. The molecular formula is C25H25FN2O5S. The summed E-state index contributed by atoms with van der Waals surface area (Å²) in [5, 5.41) is 2.67. The summed E-state index contributed by atoms with van der Waals surface area (Å²) in [6.45, 7) is 1.53. The summed E-state index contributed by atoms with van der Waals surface area (Å²) in [7, 11) is -3.84. The lowest BCUT2D eigenvalue weighted by molar-refractivity contribution is 0.0730. The van der Waals surface area contributed by atoms with Crippen LogP contribution in [-0.2, 0) is 27.9 Å². The Labute approximate surface area is 198 Å². The molecule has 178 valence electrons. The monoisotopic (exact) mass is 484 g/mol. The molecule has 3 aromatic carbocycles. The van der Waals surface area contributed by atoms with Crippen molar-refractivity contribution in [2.75, 3.05) is 26.3 Å². The van der Waals surface area contributed by atoms with Gasteiger partial charge in [-0.1, -0.05) is 42.5 Å². The zero-order valence-electron chi connectivity index (χ0n) is 18.4.